The highest BCUT2D eigenvalue weighted by atomic mass is 32.1. The zero-order valence-electron chi connectivity index (χ0n) is 15.0. The molecule has 4 rings (SSSR count). The molecular weight excluding hydrogens is 365 g/mol. The summed E-state index contributed by atoms with van der Waals surface area (Å²) in [5, 5.41) is 7.37. The summed E-state index contributed by atoms with van der Waals surface area (Å²) in [6.45, 7) is 5.52. The summed E-state index contributed by atoms with van der Waals surface area (Å²) in [5.74, 6) is -0.667. The van der Waals surface area contributed by atoms with Gasteiger partial charge in [0.2, 0.25) is 0 Å². The molecule has 0 bridgehead atoms. The summed E-state index contributed by atoms with van der Waals surface area (Å²) >= 11 is 1.59. The number of nitrogens with one attached hydrogen (secondary N) is 1. The predicted molar refractivity (Wildman–Crippen MR) is 104 cm³/mol. The van der Waals surface area contributed by atoms with Crippen molar-refractivity contribution in [2.45, 2.75) is 20.8 Å². The summed E-state index contributed by atoms with van der Waals surface area (Å²) in [6.07, 6.45) is 0. The van der Waals surface area contributed by atoms with E-state index in [0.717, 1.165) is 9.75 Å². The number of fused-ring (bicyclic) bond motifs is 1. The fourth-order valence-corrected chi connectivity index (χ4v) is 3.76. The van der Waals surface area contributed by atoms with Crippen LogP contribution in [0.2, 0.25) is 0 Å². The molecule has 5 nitrogen and oxygen atoms in total. The van der Waals surface area contributed by atoms with E-state index in [1.165, 1.54) is 12.1 Å². The summed E-state index contributed by atoms with van der Waals surface area (Å²) in [7, 11) is 0. The van der Waals surface area contributed by atoms with Crippen molar-refractivity contribution in [2.24, 2.45) is 0 Å². The Kier molecular flexibility index (Phi) is 4.24. The minimum atomic E-state index is -0.345. The molecule has 0 saturated heterocycles. The fraction of sp³-hybridized carbons (Fsp3) is 0.150. The van der Waals surface area contributed by atoms with Crippen LogP contribution in [0.15, 0.2) is 40.9 Å². The van der Waals surface area contributed by atoms with Crippen LogP contribution in [-0.2, 0) is 0 Å². The highest BCUT2D eigenvalue weighted by molar-refractivity contribution is 7.15. The number of hydrogen-bond donors (Lipinski definition) is 1. The number of benzene rings is 1. The van der Waals surface area contributed by atoms with Gasteiger partial charge in [-0.2, -0.15) is 0 Å². The van der Waals surface area contributed by atoms with Gasteiger partial charge < -0.3 is 9.84 Å². The number of thiophene rings is 1. The fourth-order valence-electron chi connectivity index (χ4n) is 2.93. The number of carbonyl (C=O) groups excluding carboxylic acids is 1. The summed E-state index contributed by atoms with van der Waals surface area (Å²) in [5.41, 5.74) is 3.17. The molecule has 4 aromatic rings. The maximum absolute atomic E-state index is 13.3. The second kappa shape index (κ2) is 6.59. The van der Waals surface area contributed by atoms with Gasteiger partial charge in [0.1, 0.15) is 5.82 Å². The van der Waals surface area contributed by atoms with E-state index in [-0.39, 0.29) is 11.7 Å². The van der Waals surface area contributed by atoms with Crippen molar-refractivity contribution in [3.05, 3.63) is 63.9 Å². The van der Waals surface area contributed by atoms with Crippen molar-refractivity contribution in [3.8, 4) is 10.6 Å². The number of amides is 1. The van der Waals surface area contributed by atoms with Crippen molar-refractivity contribution >= 4 is 34.0 Å². The number of anilines is 1. The molecule has 7 heteroatoms. The van der Waals surface area contributed by atoms with Crippen molar-refractivity contribution in [2.75, 3.05) is 5.32 Å². The molecule has 3 heterocycles. The number of aryl methyl sites for hydroxylation is 3. The normalized spacial score (nSPS) is 11.1. The molecule has 3 aromatic heterocycles. The average molecular weight is 381 g/mol. The van der Waals surface area contributed by atoms with E-state index in [0.29, 0.717) is 39.3 Å². The first-order valence-corrected chi connectivity index (χ1v) is 9.15. The van der Waals surface area contributed by atoms with Crippen molar-refractivity contribution in [1.29, 1.82) is 0 Å². The predicted octanol–water partition coefficient (Wildman–Crippen LogP) is 5.27. The molecule has 27 heavy (non-hydrogen) atoms. The first-order valence-electron chi connectivity index (χ1n) is 8.33. The van der Waals surface area contributed by atoms with Gasteiger partial charge in [-0.15, -0.1) is 11.3 Å². The molecule has 0 unspecified atom stereocenters. The van der Waals surface area contributed by atoms with Crippen molar-refractivity contribution < 1.29 is 13.7 Å². The maximum Gasteiger partial charge on any atom is 0.259 e. The van der Waals surface area contributed by atoms with E-state index in [1.54, 1.807) is 37.3 Å². The van der Waals surface area contributed by atoms with Gasteiger partial charge in [-0.05, 0) is 62.7 Å². The van der Waals surface area contributed by atoms with Gasteiger partial charge >= 0.3 is 0 Å². The third kappa shape index (κ3) is 3.21. The third-order valence-corrected chi connectivity index (χ3v) is 5.31. The largest absolute Gasteiger partial charge is 0.335 e. The Hall–Kier alpha value is -3.06. The quantitative estimate of drug-likeness (QED) is 0.525. The Bertz CT molecular complexity index is 1180. The minimum Gasteiger partial charge on any atom is -0.335 e. The second-order valence-corrected chi connectivity index (χ2v) is 7.61. The SMILES string of the molecule is Cc1ccc(-c2cc(C(=O)Nc3ccc(F)cc3C)c3c(C)noc3n2)s1. The molecule has 0 aliphatic heterocycles. The van der Waals surface area contributed by atoms with E-state index in [1.807, 2.05) is 19.1 Å². The van der Waals surface area contributed by atoms with Gasteiger partial charge in [-0.1, -0.05) is 5.16 Å². The molecule has 1 N–H and O–H groups in total. The Morgan fingerprint density at radius 3 is 2.67 bits per heavy atom. The zero-order valence-corrected chi connectivity index (χ0v) is 15.8. The molecule has 136 valence electrons. The Labute approximate surface area is 158 Å². The lowest BCUT2D eigenvalue weighted by atomic mass is 10.1. The number of carbonyl (C=O) groups is 1. The number of aromatic nitrogens is 2. The lowest BCUT2D eigenvalue weighted by Gasteiger charge is -2.10. The lowest BCUT2D eigenvalue weighted by molar-refractivity contribution is 0.102. The molecule has 0 radical (unpaired) electrons. The van der Waals surface area contributed by atoms with Crippen LogP contribution in [0.1, 0.15) is 26.5 Å². The number of rotatable bonds is 3. The van der Waals surface area contributed by atoms with Crippen molar-refractivity contribution in [1.82, 2.24) is 10.1 Å². The van der Waals surface area contributed by atoms with E-state index in [2.05, 4.69) is 15.5 Å². The molecule has 1 amide bonds. The van der Waals surface area contributed by atoms with Gasteiger partial charge in [-0.3, -0.25) is 4.79 Å². The van der Waals surface area contributed by atoms with Gasteiger partial charge in [0, 0.05) is 10.6 Å². The van der Waals surface area contributed by atoms with Crippen LogP contribution >= 0.6 is 11.3 Å². The molecule has 0 spiro atoms. The molecule has 0 aliphatic carbocycles. The maximum atomic E-state index is 13.3. The van der Waals surface area contributed by atoms with Gasteiger partial charge in [0.15, 0.2) is 0 Å². The van der Waals surface area contributed by atoms with Gasteiger partial charge in [0.25, 0.3) is 11.6 Å². The first-order chi connectivity index (χ1) is 12.9. The van der Waals surface area contributed by atoms with E-state index in [4.69, 9.17) is 4.52 Å². The Balaban J connectivity index is 1.81. The highest BCUT2D eigenvalue weighted by Gasteiger charge is 2.20. The highest BCUT2D eigenvalue weighted by Crippen LogP contribution is 2.31. The zero-order chi connectivity index (χ0) is 19.1. The molecule has 0 fully saturated rings. The minimum absolute atomic E-state index is 0.317. The number of pyridine rings is 1. The van der Waals surface area contributed by atoms with Crippen LogP contribution in [0.4, 0.5) is 10.1 Å². The van der Waals surface area contributed by atoms with Gasteiger partial charge in [-0.25, -0.2) is 9.37 Å². The van der Waals surface area contributed by atoms with Crippen LogP contribution in [0.5, 0.6) is 0 Å². The molecule has 0 saturated carbocycles. The molecule has 1 aromatic carbocycles. The second-order valence-electron chi connectivity index (χ2n) is 6.33. The lowest BCUT2D eigenvalue weighted by Crippen LogP contribution is -2.14. The number of hydrogen-bond acceptors (Lipinski definition) is 5. The summed E-state index contributed by atoms with van der Waals surface area (Å²) in [4.78, 5) is 19.6. The van der Waals surface area contributed by atoms with E-state index >= 15 is 0 Å². The Morgan fingerprint density at radius 2 is 1.96 bits per heavy atom. The molecular formula is C20H16FN3O2S. The number of halogens is 1. The molecule has 0 atom stereocenters. The number of nitrogens with zero attached hydrogens (tertiary/aromatic N) is 2. The summed E-state index contributed by atoms with van der Waals surface area (Å²) in [6, 6.07) is 9.94. The Morgan fingerprint density at radius 1 is 1.15 bits per heavy atom. The smallest absolute Gasteiger partial charge is 0.259 e. The summed E-state index contributed by atoms with van der Waals surface area (Å²) < 4.78 is 18.6. The van der Waals surface area contributed by atoms with E-state index < -0.39 is 0 Å². The first kappa shape index (κ1) is 17.4. The van der Waals surface area contributed by atoms with Crippen molar-refractivity contribution in [3.63, 3.8) is 0 Å². The van der Waals surface area contributed by atoms with Crippen LogP contribution in [0.3, 0.4) is 0 Å². The van der Waals surface area contributed by atoms with Crippen LogP contribution in [0, 0.1) is 26.6 Å². The van der Waals surface area contributed by atoms with E-state index in [9.17, 15) is 9.18 Å². The topological polar surface area (TPSA) is 68.0 Å². The monoisotopic (exact) mass is 381 g/mol. The standard InChI is InChI=1S/C20H16FN3O2S/c1-10-8-13(21)5-6-15(10)22-19(25)14-9-16(17-7-4-11(2)27-17)23-20-18(14)12(3)24-26-20/h4-9H,1-3H3,(H,22,25). The van der Waals surface area contributed by atoms with Crippen LogP contribution in [0.25, 0.3) is 21.7 Å². The van der Waals surface area contributed by atoms with Crippen LogP contribution in [-0.4, -0.2) is 16.0 Å². The van der Waals surface area contributed by atoms with Crippen LogP contribution < -0.4 is 5.32 Å². The molecule has 0 aliphatic rings. The van der Waals surface area contributed by atoms with Gasteiger partial charge in [0.05, 0.1) is 27.2 Å². The average Bonchev–Trinajstić information content (AvgIpc) is 3.23. The third-order valence-electron chi connectivity index (χ3n) is 4.29.